The van der Waals surface area contributed by atoms with Crippen LogP contribution in [0.25, 0.3) is 0 Å². The van der Waals surface area contributed by atoms with Crippen molar-refractivity contribution in [2.24, 2.45) is 0 Å². The molecule has 0 radical (unpaired) electrons. The van der Waals surface area contributed by atoms with Gasteiger partial charge in [0.05, 0.1) is 19.3 Å². The van der Waals surface area contributed by atoms with E-state index in [1.807, 2.05) is 13.2 Å². The van der Waals surface area contributed by atoms with Gasteiger partial charge >= 0.3 is 0 Å². The smallest absolute Gasteiger partial charge is 0.0895 e. The first-order chi connectivity index (χ1) is 6.15. The molecule has 0 bridgehead atoms. The topological polar surface area (TPSA) is 72.7 Å². The molecule has 0 saturated carbocycles. The van der Waals surface area contributed by atoms with Gasteiger partial charge in [-0.1, -0.05) is 0 Å². The Hall–Kier alpha value is 0.190. The van der Waals surface area contributed by atoms with Gasteiger partial charge < -0.3 is 20.6 Å². The quantitative estimate of drug-likeness (QED) is 0.435. The Balaban J connectivity index is 3.65. The van der Waals surface area contributed by atoms with Gasteiger partial charge in [-0.25, -0.2) is 0 Å². The van der Waals surface area contributed by atoms with Crippen LogP contribution in [0.15, 0.2) is 0 Å². The molecular formula is C8H19NO3S. The summed E-state index contributed by atoms with van der Waals surface area (Å²) in [6.07, 6.45) is 1.21. The lowest BCUT2D eigenvalue weighted by Crippen LogP contribution is -2.42. The molecule has 0 heterocycles. The second kappa shape index (κ2) is 7.58. The molecule has 0 saturated heterocycles. The summed E-state index contributed by atoms with van der Waals surface area (Å²) in [7, 11) is 0. The fraction of sp³-hybridized carbons (Fsp3) is 1.00. The average molecular weight is 209 g/mol. The van der Waals surface area contributed by atoms with Gasteiger partial charge in [0.25, 0.3) is 0 Å². The van der Waals surface area contributed by atoms with Crippen LogP contribution >= 0.6 is 11.8 Å². The summed E-state index contributed by atoms with van der Waals surface area (Å²) in [5.41, 5.74) is 0. The molecule has 13 heavy (non-hydrogen) atoms. The number of rotatable bonds is 7. The molecule has 0 aliphatic heterocycles. The standard InChI is InChI=1S/C8H19NO3S/c1-6(8(5-11)13-2)9-3-7(12)4-10/h6-12H,3-5H2,1-2H3. The minimum atomic E-state index is -0.719. The van der Waals surface area contributed by atoms with Gasteiger partial charge in [-0.05, 0) is 13.2 Å². The highest BCUT2D eigenvalue weighted by atomic mass is 32.2. The summed E-state index contributed by atoms with van der Waals surface area (Å²) in [5.74, 6) is 0. The number of aliphatic hydroxyl groups excluding tert-OH is 3. The van der Waals surface area contributed by atoms with Gasteiger partial charge in [0.1, 0.15) is 0 Å². The monoisotopic (exact) mass is 209 g/mol. The van der Waals surface area contributed by atoms with E-state index >= 15 is 0 Å². The van der Waals surface area contributed by atoms with Crippen LogP contribution in [0, 0.1) is 0 Å². The number of thioether (sulfide) groups is 1. The molecule has 4 nitrogen and oxygen atoms in total. The molecule has 0 aliphatic carbocycles. The number of aliphatic hydroxyl groups is 3. The lowest BCUT2D eigenvalue weighted by atomic mass is 10.2. The van der Waals surface area contributed by atoms with E-state index in [1.165, 1.54) is 0 Å². The van der Waals surface area contributed by atoms with Gasteiger partial charge in [-0.2, -0.15) is 11.8 Å². The van der Waals surface area contributed by atoms with E-state index in [-0.39, 0.29) is 24.5 Å². The molecule has 0 spiro atoms. The molecule has 4 N–H and O–H groups in total. The molecule has 0 aliphatic rings. The van der Waals surface area contributed by atoms with Crippen molar-refractivity contribution in [3.05, 3.63) is 0 Å². The summed E-state index contributed by atoms with van der Waals surface area (Å²) < 4.78 is 0. The van der Waals surface area contributed by atoms with Crippen molar-refractivity contribution in [1.82, 2.24) is 5.32 Å². The van der Waals surface area contributed by atoms with Crippen LogP contribution in [-0.2, 0) is 0 Å². The lowest BCUT2D eigenvalue weighted by Gasteiger charge is -2.22. The second-order valence-electron chi connectivity index (χ2n) is 2.99. The predicted octanol–water partition coefficient (Wildman–Crippen LogP) is -0.958. The third-order valence-corrected chi connectivity index (χ3v) is 3.09. The summed E-state index contributed by atoms with van der Waals surface area (Å²) in [5, 5.41) is 29.7. The Morgan fingerprint density at radius 2 is 1.92 bits per heavy atom. The maximum Gasteiger partial charge on any atom is 0.0895 e. The highest BCUT2D eigenvalue weighted by molar-refractivity contribution is 7.99. The Labute approximate surface area is 83.3 Å². The van der Waals surface area contributed by atoms with E-state index in [1.54, 1.807) is 11.8 Å². The van der Waals surface area contributed by atoms with E-state index in [0.717, 1.165) is 0 Å². The Bertz CT molecular complexity index is 122. The van der Waals surface area contributed by atoms with Crippen LogP contribution in [0.2, 0.25) is 0 Å². The maximum absolute atomic E-state index is 9.05. The zero-order chi connectivity index (χ0) is 10.3. The molecule has 80 valence electrons. The highest BCUT2D eigenvalue weighted by Gasteiger charge is 2.15. The van der Waals surface area contributed by atoms with Crippen LogP contribution in [0.1, 0.15) is 6.92 Å². The first kappa shape index (κ1) is 13.2. The third-order valence-electron chi connectivity index (χ3n) is 1.93. The lowest BCUT2D eigenvalue weighted by molar-refractivity contribution is 0.0916. The first-order valence-electron chi connectivity index (χ1n) is 4.31. The van der Waals surface area contributed by atoms with Crippen molar-refractivity contribution in [3.8, 4) is 0 Å². The fourth-order valence-electron chi connectivity index (χ4n) is 0.955. The van der Waals surface area contributed by atoms with Crippen LogP contribution in [0.4, 0.5) is 0 Å². The fourth-order valence-corrected chi connectivity index (χ4v) is 1.61. The van der Waals surface area contributed by atoms with E-state index in [2.05, 4.69) is 5.32 Å². The van der Waals surface area contributed by atoms with Gasteiger partial charge in [-0.15, -0.1) is 0 Å². The molecule has 0 amide bonds. The molecule has 0 fully saturated rings. The summed E-state index contributed by atoms with van der Waals surface area (Å²) in [6.45, 7) is 2.18. The number of hydrogen-bond donors (Lipinski definition) is 4. The van der Waals surface area contributed by atoms with E-state index in [9.17, 15) is 0 Å². The van der Waals surface area contributed by atoms with Crippen LogP contribution in [0.5, 0.6) is 0 Å². The largest absolute Gasteiger partial charge is 0.395 e. The number of hydrogen-bond acceptors (Lipinski definition) is 5. The maximum atomic E-state index is 9.05. The molecule has 3 atom stereocenters. The van der Waals surface area contributed by atoms with Crippen molar-refractivity contribution in [1.29, 1.82) is 0 Å². The van der Waals surface area contributed by atoms with E-state index < -0.39 is 6.10 Å². The molecule has 0 aromatic carbocycles. The molecular weight excluding hydrogens is 190 g/mol. The molecule has 0 rings (SSSR count). The van der Waals surface area contributed by atoms with E-state index in [0.29, 0.717) is 6.54 Å². The first-order valence-corrected chi connectivity index (χ1v) is 5.60. The summed E-state index contributed by atoms with van der Waals surface area (Å²) in [4.78, 5) is 0. The second-order valence-corrected chi connectivity index (χ2v) is 4.07. The van der Waals surface area contributed by atoms with Gasteiger partial charge in [0.15, 0.2) is 0 Å². The average Bonchev–Trinajstić information content (AvgIpc) is 2.16. The van der Waals surface area contributed by atoms with Crippen molar-refractivity contribution < 1.29 is 15.3 Å². The molecule has 0 aromatic rings. The van der Waals surface area contributed by atoms with Crippen molar-refractivity contribution in [2.45, 2.75) is 24.3 Å². The van der Waals surface area contributed by atoms with E-state index in [4.69, 9.17) is 15.3 Å². The number of nitrogens with one attached hydrogen (secondary N) is 1. The van der Waals surface area contributed by atoms with Crippen molar-refractivity contribution in [3.63, 3.8) is 0 Å². The Morgan fingerprint density at radius 3 is 2.31 bits per heavy atom. The third kappa shape index (κ3) is 5.49. The zero-order valence-corrected chi connectivity index (χ0v) is 8.92. The molecule has 0 aromatic heterocycles. The minimum Gasteiger partial charge on any atom is -0.395 e. The van der Waals surface area contributed by atoms with Crippen LogP contribution in [0.3, 0.4) is 0 Å². The Morgan fingerprint density at radius 1 is 1.31 bits per heavy atom. The Kier molecular flexibility index (Phi) is 7.69. The molecule has 5 heteroatoms. The molecule has 3 unspecified atom stereocenters. The minimum absolute atomic E-state index is 0.116. The highest BCUT2D eigenvalue weighted by Crippen LogP contribution is 2.09. The SMILES string of the molecule is CSC(CO)C(C)NCC(O)CO. The zero-order valence-electron chi connectivity index (χ0n) is 8.10. The van der Waals surface area contributed by atoms with Gasteiger partial charge in [0.2, 0.25) is 0 Å². The van der Waals surface area contributed by atoms with Crippen molar-refractivity contribution in [2.75, 3.05) is 26.0 Å². The normalized spacial score (nSPS) is 18.2. The van der Waals surface area contributed by atoms with Crippen LogP contribution in [-0.4, -0.2) is 58.7 Å². The summed E-state index contributed by atoms with van der Waals surface area (Å²) in [6, 6.07) is 0.126. The van der Waals surface area contributed by atoms with Crippen molar-refractivity contribution >= 4 is 11.8 Å². The van der Waals surface area contributed by atoms with Gasteiger partial charge in [-0.3, -0.25) is 0 Å². The van der Waals surface area contributed by atoms with Gasteiger partial charge in [0, 0.05) is 17.8 Å². The van der Waals surface area contributed by atoms with Crippen LogP contribution < -0.4 is 5.32 Å². The predicted molar refractivity (Wildman–Crippen MR) is 54.9 cm³/mol. The summed E-state index contributed by atoms with van der Waals surface area (Å²) >= 11 is 1.58.